The molecular formula is C14H17NO3. The number of hydrogen-bond acceptors (Lipinski definition) is 2. The standard InChI is InChI=1S/C14H17NO3/c16-12(10-14(7-8-14)13(17)18)15-9-6-11-4-2-1-3-5-11/h1-5H,6-10H2,(H,15,16)(H,17,18). The lowest BCUT2D eigenvalue weighted by molar-refractivity contribution is -0.145. The molecule has 0 bridgehead atoms. The van der Waals surface area contributed by atoms with Crippen LogP contribution < -0.4 is 5.32 Å². The summed E-state index contributed by atoms with van der Waals surface area (Å²) in [6, 6.07) is 9.88. The Morgan fingerprint density at radius 1 is 1.22 bits per heavy atom. The van der Waals surface area contributed by atoms with E-state index in [1.54, 1.807) is 0 Å². The Labute approximate surface area is 106 Å². The van der Waals surface area contributed by atoms with Crippen molar-refractivity contribution in [3.8, 4) is 0 Å². The number of carboxylic acid groups (broad SMARTS) is 1. The zero-order valence-corrected chi connectivity index (χ0v) is 10.2. The van der Waals surface area contributed by atoms with Gasteiger partial charge < -0.3 is 10.4 Å². The largest absolute Gasteiger partial charge is 0.481 e. The number of hydrogen-bond donors (Lipinski definition) is 2. The van der Waals surface area contributed by atoms with Crippen LogP contribution in [0.1, 0.15) is 24.8 Å². The summed E-state index contributed by atoms with van der Waals surface area (Å²) in [6.45, 7) is 0.554. The number of carboxylic acids is 1. The molecular weight excluding hydrogens is 230 g/mol. The molecule has 2 N–H and O–H groups in total. The van der Waals surface area contributed by atoms with Gasteiger partial charge in [-0.05, 0) is 24.8 Å². The van der Waals surface area contributed by atoms with Gasteiger partial charge in [0.25, 0.3) is 0 Å². The van der Waals surface area contributed by atoms with E-state index < -0.39 is 11.4 Å². The van der Waals surface area contributed by atoms with Gasteiger partial charge in [-0.2, -0.15) is 0 Å². The maximum atomic E-state index is 11.6. The van der Waals surface area contributed by atoms with Gasteiger partial charge in [-0.15, -0.1) is 0 Å². The molecule has 96 valence electrons. The summed E-state index contributed by atoms with van der Waals surface area (Å²) in [5.41, 5.74) is 0.397. The summed E-state index contributed by atoms with van der Waals surface area (Å²) >= 11 is 0. The molecule has 0 spiro atoms. The van der Waals surface area contributed by atoms with Crippen molar-refractivity contribution in [2.45, 2.75) is 25.7 Å². The maximum absolute atomic E-state index is 11.6. The number of rotatable bonds is 6. The fraction of sp³-hybridized carbons (Fsp3) is 0.429. The molecule has 4 heteroatoms. The average Bonchev–Trinajstić information content (AvgIpc) is 3.11. The molecule has 0 atom stereocenters. The van der Waals surface area contributed by atoms with Crippen molar-refractivity contribution in [1.82, 2.24) is 5.32 Å². The smallest absolute Gasteiger partial charge is 0.310 e. The minimum Gasteiger partial charge on any atom is -0.481 e. The number of aliphatic carboxylic acids is 1. The molecule has 1 aromatic rings. The second kappa shape index (κ2) is 5.21. The van der Waals surface area contributed by atoms with E-state index >= 15 is 0 Å². The van der Waals surface area contributed by atoms with Gasteiger partial charge in [-0.1, -0.05) is 30.3 Å². The maximum Gasteiger partial charge on any atom is 0.310 e. The molecule has 1 aromatic carbocycles. The van der Waals surface area contributed by atoms with E-state index in [-0.39, 0.29) is 12.3 Å². The van der Waals surface area contributed by atoms with E-state index in [0.717, 1.165) is 12.0 Å². The van der Waals surface area contributed by atoms with E-state index in [0.29, 0.717) is 19.4 Å². The molecule has 1 fully saturated rings. The van der Waals surface area contributed by atoms with Gasteiger partial charge in [-0.25, -0.2) is 0 Å². The average molecular weight is 247 g/mol. The van der Waals surface area contributed by atoms with Crippen molar-refractivity contribution in [2.24, 2.45) is 5.41 Å². The molecule has 1 saturated carbocycles. The lowest BCUT2D eigenvalue weighted by Crippen LogP contribution is -2.30. The van der Waals surface area contributed by atoms with Crippen LogP contribution in [-0.4, -0.2) is 23.5 Å². The Morgan fingerprint density at radius 3 is 2.44 bits per heavy atom. The number of benzene rings is 1. The third kappa shape index (κ3) is 3.09. The van der Waals surface area contributed by atoms with E-state index in [1.165, 1.54) is 0 Å². The van der Waals surface area contributed by atoms with Crippen molar-refractivity contribution < 1.29 is 14.7 Å². The molecule has 0 radical (unpaired) electrons. The summed E-state index contributed by atoms with van der Waals surface area (Å²) in [7, 11) is 0. The first-order valence-electron chi connectivity index (χ1n) is 6.16. The molecule has 1 aliphatic rings. The van der Waals surface area contributed by atoms with E-state index in [9.17, 15) is 9.59 Å². The highest BCUT2D eigenvalue weighted by Crippen LogP contribution is 2.48. The Morgan fingerprint density at radius 2 is 1.89 bits per heavy atom. The molecule has 2 rings (SSSR count). The number of nitrogens with one attached hydrogen (secondary N) is 1. The highest BCUT2D eigenvalue weighted by Gasteiger charge is 2.51. The molecule has 18 heavy (non-hydrogen) atoms. The van der Waals surface area contributed by atoms with Crippen molar-refractivity contribution >= 4 is 11.9 Å². The van der Waals surface area contributed by atoms with Crippen LogP contribution in [0.25, 0.3) is 0 Å². The van der Waals surface area contributed by atoms with E-state index in [1.807, 2.05) is 30.3 Å². The van der Waals surface area contributed by atoms with Gasteiger partial charge >= 0.3 is 5.97 Å². The first-order chi connectivity index (χ1) is 8.62. The fourth-order valence-corrected chi connectivity index (χ4v) is 1.98. The summed E-state index contributed by atoms with van der Waals surface area (Å²) in [5, 5.41) is 11.8. The van der Waals surface area contributed by atoms with Crippen LogP contribution in [0.5, 0.6) is 0 Å². The minimum absolute atomic E-state index is 0.108. The van der Waals surface area contributed by atoms with Crippen LogP contribution in [0.3, 0.4) is 0 Å². The van der Waals surface area contributed by atoms with Crippen LogP contribution in [0.15, 0.2) is 30.3 Å². The zero-order valence-electron chi connectivity index (χ0n) is 10.2. The van der Waals surface area contributed by atoms with Crippen LogP contribution in [0.2, 0.25) is 0 Å². The third-order valence-electron chi connectivity index (χ3n) is 3.38. The third-order valence-corrected chi connectivity index (χ3v) is 3.38. The van der Waals surface area contributed by atoms with E-state index in [4.69, 9.17) is 5.11 Å². The Balaban J connectivity index is 1.71. The zero-order chi connectivity index (χ0) is 13.0. The monoisotopic (exact) mass is 247 g/mol. The van der Waals surface area contributed by atoms with Crippen molar-refractivity contribution in [2.75, 3.05) is 6.54 Å². The highest BCUT2D eigenvalue weighted by molar-refractivity contribution is 5.86. The molecule has 0 aromatic heterocycles. The lowest BCUT2D eigenvalue weighted by Gasteiger charge is -2.10. The highest BCUT2D eigenvalue weighted by atomic mass is 16.4. The quantitative estimate of drug-likeness (QED) is 0.802. The molecule has 1 aliphatic carbocycles. The SMILES string of the molecule is O=C(CC1(C(=O)O)CC1)NCCc1ccccc1. The molecule has 0 unspecified atom stereocenters. The van der Waals surface area contributed by atoms with E-state index in [2.05, 4.69) is 5.32 Å². The molecule has 4 nitrogen and oxygen atoms in total. The second-order valence-electron chi connectivity index (χ2n) is 4.85. The normalized spacial score (nSPS) is 16.0. The van der Waals surface area contributed by atoms with Gasteiger partial charge in [-0.3, -0.25) is 9.59 Å². The van der Waals surface area contributed by atoms with Crippen LogP contribution in [0.4, 0.5) is 0 Å². The summed E-state index contributed by atoms with van der Waals surface area (Å²) in [4.78, 5) is 22.6. The predicted molar refractivity (Wildman–Crippen MR) is 67.1 cm³/mol. The minimum atomic E-state index is -0.847. The summed E-state index contributed by atoms with van der Waals surface area (Å²) in [6.07, 6.45) is 2.12. The summed E-state index contributed by atoms with van der Waals surface area (Å²) in [5.74, 6) is -1.01. The van der Waals surface area contributed by atoms with Gasteiger partial charge in [0.1, 0.15) is 0 Å². The predicted octanol–water partition coefficient (Wildman–Crippen LogP) is 1.60. The number of amides is 1. The molecule has 0 saturated heterocycles. The Hall–Kier alpha value is -1.84. The Bertz CT molecular complexity index is 438. The number of carbonyl (C=O) groups excluding carboxylic acids is 1. The van der Waals surface area contributed by atoms with Crippen LogP contribution in [0, 0.1) is 5.41 Å². The lowest BCUT2D eigenvalue weighted by atomic mass is 10.0. The first-order valence-corrected chi connectivity index (χ1v) is 6.16. The van der Waals surface area contributed by atoms with Crippen LogP contribution in [-0.2, 0) is 16.0 Å². The van der Waals surface area contributed by atoms with Crippen molar-refractivity contribution in [1.29, 1.82) is 0 Å². The van der Waals surface area contributed by atoms with Gasteiger partial charge in [0.2, 0.25) is 5.91 Å². The van der Waals surface area contributed by atoms with Gasteiger partial charge in [0, 0.05) is 13.0 Å². The fourth-order valence-electron chi connectivity index (χ4n) is 1.98. The molecule has 1 amide bonds. The van der Waals surface area contributed by atoms with Crippen LogP contribution >= 0.6 is 0 Å². The van der Waals surface area contributed by atoms with Crippen molar-refractivity contribution in [3.63, 3.8) is 0 Å². The van der Waals surface area contributed by atoms with Gasteiger partial charge in [0.15, 0.2) is 0 Å². The number of carbonyl (C=O) groups is 2. The molecule has 0 heterocycles. The molecule has 0 aliphatic heterocycles. The summed E-state index contributed by atoms with van der Waals surface area (Å²) < 4.78 is 0. The van der Waals surface area contributed by atoms with Gasteiger partial charge in [0.05, 0.1) is 5.41 Å². The second-order valence-corrected chi connectivity index (χ2v) is 4.85. The Kier molecular flexibility index (Phi) is 3.65. The van der Waals surface area contributed by atoms with Crippen molar-refractivity contribution in [3.05, 3.63) is 35.9 Å². The topological polar surface area (TPSA) is 66.4 Å². The first kappa shape index (κ1) is 12.6.